The number of carbonyl (C=O) groups is 2. The number of nitro groups is 1. The van der Waals surface area contributed by atoms with Crippen LogP contribution in [0.4, 0.5) is 5.69 Å². The summed E-state index contributed by atoms with van der Waals surface area (Å²) >= 11 is 0. The summed E-state index contributed by atoms with van der Waals surface area (Å²) in [6.45, 7) is 3.42. The summed E-state index contributed by atoms with van der Waals surface area (Å²) in [5, 5.41) is 11.3. The molecule has 0 N–H and O–H groups in total. The average molecular weight is 397 g/mol. The quantitative estimate of drug-likeness (QED) is 0.571. The topological polar surface area (TPSA) is 93.0 Å². The Morgan fingerprint density at radius 2 is 1.59 bits per heavy atom. The number of methoxy groups -OCH3 is 1. The molecule has 0 unspecified atom stereocenters. The lowest BCUT2D eigenvalue weighted by Crippen LogP contribution is -2.50. The molecule has 1 saturated heterocycles. The molecule has 0 saturated carbocycles. The normalized spacial score (nSPS) is 13.9. The second kappa shape index (κ2) is 8.72. The Morgan fingerprint density at radius 3 is 2.10 bits per heavy atom. The van der Waals surface area contributed by atoms with Crippen molar-refractivity contribution in [2.45, 2.75) is 13.3 Å². The summed E-state index contributed by atoms with van der Waals surface area (Å²) in [6, 6.07) is 11.6. The van der Waals surface area contributed by atoms with Crippen molar-refractivity contribution in [2.75, 3.05) is 33.3 Å². The third kappa shape index (κ3) is 4.37. The number of piperazine rings is 1. The molecular formula is C21H23N3O5. The van der Waals surface area contributed by atoms with Crippen LogP contribution in [0.1, 0.15) is 33.2 Å². The van der Waals surface area contributed by atoms with Gasteiger partial charge < -0.3 is 14.5 Å². The number of nitrogens with zero attached hydrogens (tertiary/aromatic N) is 3. The molecule has 3 rings (SSSR count). The number of carbonyl (C=O) groups excluding carboxylic acids is 2. The van der Waals surface area contributed by atoms with E-state index < -0.39 is 10.8 Å². The van der Waals surface area contributed by atoms with Gasteiger partial charge in [-0.3, -0.25) is 19.7 Å². The minimum atomic E-state index is -0.577. The standard InChI is InChI=1S/C21H23N3O5/c1-3-15-4-6-16(7-5-15)20(25)22-10-12-23(13-11-22)21(26)18-14-17(29-2)8-9-19(18)24(27)28/h4-9,14H,3,10-13H2,1-2H3. The van der Waals surface area contributed by atoms with Crippen LogP contribution in [-0.4, -0.2) is 59.8 Å². The molecule has 2 amide bonds. The van der Waals surface area contributed by atoms with E-state index in [0.29, 0.717) is 37.5 Å². The van der Waals surface area contributed by atoms with Gasteiger partial charge in [-0.15, -0.1) is 0 Å². The van der Waals surface area contributed by atoms with Gasteiger partial charge in [0, 0.05) is 37.8 Å². The fourth-order valence-electron chi connectivity index (χ4n) is 3.32. The van der Waals surface area contributed by atoms with Crippen LogP contribution in [0.15, 0.2) is 42.5 Å². The molecule has 8 nitrogen and oxygen atoms in total. The van der Waals surface area contributed by atoms with Crippen LogP contribution in [0.2, 0.25) is 0 Å². The first kappa shape index (κ1) is 20.3. The number of nitro benzene ring substituents is 1. The van der Waals surface area contributed by atoms with Gasteiger partial charge in [-0.2, -0.15) is 0 Å². The van der Waals surface area contributed by atoms with Gasteiger partial charge in [0.2, 0.25) is 0 Å². The SMILES string of the molecule is CCc1ccc(C(=O)N2CCN(C(=O)c3cc(OC)ccc3[N+](=O)[O-])CC2)cc1. The number of hydrogen-bond acceptors (Lipinski definition) is 5. The van der Waals surface area contributed by atoms with E-state index in [1.807, 2.05) is 24.3 Å². The number of hydrogen-bond donors (Lipinski definition) is 0. The van der Waals surface area contributed by atoms with Gasteiger partial charge in [0.05, 0.1) is 12.0 Å². The minimum Gasteiger partial charge on any atom is -0.497 e. The van der Waals surface area contributed by atoms with E-state index in [2.05, 4.69) is 6.92 Å². The molecule has 1 aliphatic heterocycles. The van der Waals surface area contributed by atoms with Gasteiger partial charge in [-0.05, 0) is 36.2 Å². The fraction of sp³-hybridized carbons (Fsp3) is 0.333. The monoisotopic (exact) mass is 397 g/mol. The lowest BCUT2D eigenvalue weighted by Gasteiger charge is -2.34. The van der Waals surface area contributed by atoms with E-state index in [9.17, 15) is 19.7 Å². The van der Waals surface area contributed by atoms with Crippen molar-refractivity contribution in [3.8, 4) is 5.75 Å². The fourth-order valence-corrected chi connectivity index (χ4v) is 3.32. The van der Waals surface area contributed by atoms with Gasteiger partial charge >= 0.3 is 0 Å². The summed E-state index contributed by atoms with van der Waals surface area (Å²) in [7, 11) is 1.44. The Kier molecular flexibility index (Phi) is 6.11. The van der Waals surface area contributed by atoms with Crippen LogP contribution >= 0.6 is 0 Å². The first-order chi connectivity index (χ1) is 13.9. The van der Waals surface area contributed by atoms with E-state index in [0.717, 1.165) is 12.0 Å². The maximum absolute atomic E-state index is 12.9. The molecule has 29 heavy (non-hydrogen) atoms. The summed E-state index contributed by atoms with van der Waals surface area (Å²) in [5.74, 6) is -0.134. The second-order valence-electron chi connectivity index (χ2n) is 6.78. The molecule has 0 radical (unpaired) electrons. The molecule has 1 aliphatic rings. The first-order valence-corrected chi connectivity index (χ1v) is 9.44. The van der Waals surface area contributed by atoms with Crippen molar-refractivity contribution in [1.82, 2.24) is 9.80 Å². The highest BCUT2D eigenvalue weighted by Crippen LogP contribution is 2.26. The molecule has 1 heterocycles. The molecule has 2 aromatic rings. The summed E-state index contributed by atoms with van der Waals surface area (Å²) in [5.41, 5.74) is 1.51. The second-order valence-corrected chi connectivity index (χ2v) is 6.78. The Morgan fingerprint density at radius 1 is 1.00 bits per heavy atom. The Bertz CT molecular complexity index is 918. The Balaban J connectivity index is 1.69. The van der Waals surface area contributed by atoms with Gasteiger partial charge in [-0.1, -0.05) is 19.1 Å². The first-order valence-electron chi connectivity index (χ1n) is 9.44. The van der Waals surface area contributed by atoms with Gasteiger partial charge in [0.15, 0.2) is 0 Å². The zero-order chi connectivity index (χ0) is 21.0. The smallest absolute Gasteiger partial charge is 0.282 e. The van der Waals surface area contributed by atoms with Gasteiger partial charge in [0.25, 0.3) is 17.5 Å². The molecule has 8 heteroatoms. The van der Waals surface area contributed by atoms with Crippen LogP contribution < -0.4 is 4.74 Å². The highest BCUT2D eigenvalue weighted by Gasteiger charge is 2.29. The summed E-state index contributed by atoms with van der Waals surface area (Å²) in [6.07, 6.45) is 0.908. The van der Waals surface area contributed by atoms with Crippen LogP contribution in [0.3, 0.4) is 0 Å². The molecule has 0 aliphatic carbocycles. The number of benzene rings is 2. The average Bonchev–Trinajstić information content (AvgIpc) is 2.77. The molecule has 2 aromatic carbocycles. The Hall–Kier alpha value is -3.42. The zero-order valence-electron chi connectivity index (χ0n) is 16.5. The highest BCUT2D eigenvalue weighted by atomic mass is 16.6. The number of amides is 2. The molecule has 1 fully saturated rings. The molecule has 0 bridgehead atoms. The van der Waals surface area contributed by atoms with E-state index in [1.165, 1.54) is 30.2 Å². The lowest BCUT2D eigenvalue weighted by molar-refractivity contribution is -0.385. The predicted molar refractivity (Wildman–Crippen MR) is 107 cm³/mol. The van der Waals surface area contributed by atoms with Crippen molar-refractivity contribution in [1.29, 1.82) is 0 Å². The summed E-state index contributed by atoms with van der Waals surface area (Å²) < 4.78 is 5.09. The molecule has 0 atom stereocenters. The van der Waals surface area contributed by atoms with Crippen LogP contribution in [0.5, 0.6) is 5.75 Å². The van der Waals surface area contributed by atoms with Crippen molar-refractivity contribution >= 4 is 17.5 Å². The van der Waals surface area contributed by atoms with Gasteiger partial charge in [-0.25, -0.2) is 0 Å². The number of aryl methyl sites for hydroxylation is 1. The Labute approximate surface area is 168 Å². The van der Waals surface area contributed by atoms with E-state index in [-0.39, 0.29) is 17.2 Å². The molecular weight excluding hydrogens is 374 g/mol. The van der Waals surface area contributed by atoms with Crippen molar-refractivity contribution in [2.24, 2.45) is 0 Å². The van der Waals surface area contributed by atoms with Crippen molar-refractivity contribution in [3.63, 3.8) is 0 Å². The zero-order valence-corrected chi connectivity index (χ0v) is 16.5. The number of rotatable bonds is 5. The molecule has 0 spiro atoms. The third-order valence-electron chi connectivity index (χ3n) is 5.09. The van der Waals surface area contributed by atoms with Crippen LogP contribution in [-0.2, 0) is 6.42 Å². The van der Waals surface area contributed by atoms with E-state index >= 15 is 0 Å². The predicted octanol–water partition coefficient (Wildman–Crippen LogP) is 2.76. The summed E-state index contributed by atoms with van der Waals surface area (Å²) in [4.78, 5) is 39.5. The van der Waals surface area contributed by atoms with Crippen LogP contribution in [0.25, 0.3) is 0 Å². The largest absolute Gasteiger partial charge is 0.497 e. The van der Waals surface area contributed by atoms with Crippen molar-refractivity contribution < 1.29 is 19.2 Å². The van der Waals surface area contributed by atoms with Crippen LogP contribution in [0, 0.1) is 10.1 Å². The minimum absolute atomic E-state index is 0.00993. The lowest BCUT2D eigenvalue weighted by atomic mass is 10.1. The maximum Gasteiger partial charge on any atom is 0.282 e. The van der Waals surface area contributed by atoms with E-state index in [4.69, 9.17) is 4.74 Å². The van der Waals surface area contributed by atoms with Gasteiger partial charge in [0.1, 0.15) is 11.3 Å². The number of ether oxygens (including phenoxy) is 1. The third-order valence-corrected chi connectivity index (χ3v) is 5.09. The van der Waals surface area contributed by atoms with Crippen molar-refractivity contribution in [3.05, 3.63) is 69.3 Å². The van der Waals surface area contributed by atoms with E-state index in [1.54, 1.807) is 4.90 Å². The molecule has 0 aromatic heterocycles. The molecule has 152 valence electrons. The maximum atomic E-state index is 12.9. The highest BCUT2D eigenvalue weighted by molar-refractivity contribution is 5.99.